The number of rotatable bonds is 7. The van der Waals surface area contributed by atoms with Crippen molar-refractivity contribution in [1.82, 2.24) is 14.8 Å². The fraction of sp³-hybridized carbons (Fsp3) is 0.448. The topological polar surface area (TPSA) is 86.1 Å². The average Bonchev–Trinajstić information content (AvgIpc) is 3.12. The number of pyridine rings is 1. The van der Waals surface area contributed by atoms with Crippen LogP contribution in [0, 0.1) is 6.92 Å². The molecule has 7 heteroatoms. The predicted molar refractivity (Wildman–Crippen MR) is 139 cm³/mol. The van der Waals surface area contributed by atoms with E-state index in [1.807, 2.05) is 18.5 Å². The lowest BCUT2D eigenvalue weighted by atomic mass is 9.83. The van der Waals surface area contributed by atoms with Gasteiger partial charge in [0.1, 0.15) is 0 Å². The van der Waals surface area contributed by atoms with Crippen LogP contribution in [0.4, 0.5) is 0 Å². The van der Waals surface area contributed by atoms with Crippen LogP contribution >= 0.6 is 0 Å². The zero-order valence-electron chi connectivity index (χ0n) is 21.0. The van der Waals surface area contributed by atoms with Crippen molar-refractivity contribution in [3.8, 4) is 0 Å². The molecule has 4 heterocycles. The number of imide groups is 1. The summed E-state index contributed by atoms with van der Waals surface area (Å²) >= 11 is 0. The average molecular weight is 487 g/mol. The molecule has 1 saturated heterocycles. The van der Waals surface area contributed by atoms with Gasteiger partial charge in [0.15, 0.2) is 0 Å². The van der Waals surface area contributed by atoms with Gasteiger partial charge in [-0.25, -0.2) is 0 Å². The Morgan fingerprint density at radius 1 is 0.972 bits per heavy atom. The van der Waals surface area contributed by atoms with Gasteiger partial charge in [0.2, 0.25) is 0 Å². The first-order valence-corrected chi connectivity index (χ1v) is 12.9. The molecule has 0 aliphatic carbocycles. The molecule has 2 aromatic rings. The number of likely N-dealkylation sites (tertiary alicyclic amines) is 1. The zero-order valence-corrected chi connectivity index (χ0v) is 21.0. The first kappa shape index (κ1) is 24.5. The number of allylic oxidation sites excluding steroid dienone is 1. The largest absolute Gasteiger partial charge is 0.393 e. The quantitative estimate of drug-likeness (QED) is 0.361. The number of benzene rings is 1. The second-order valence-corrected chi connectivity index (χ2v) is 10.1. The Labute approximate surface area is 212 Å². The molecule has 1 aromatic heterocycles. The van der Waals surface area contributed by atoms with Crippen LogP contribution in [0.15, 0.2) is 59.2 Å². The molecule has 5 rings (SSSR count). The molecular weight excluding hydrogens is 452 g/mol. The van der Waals surface area contributed by atoms with E-state index in [1.165, 1.54) is 10.5 Å². The normalized spacial score (nSPS) is 26.3. The van der Waals surface area contributed by atoms with Gasteiger partial charge >= 0.3 is 0 Å². The van der Waals surface area contributed by atoms with Crippen molar-refractivity contribution in [2.75, 3.05) is 13.1 Å². The molecule has 0 unspecified atom stereocenters. The third-order valence-corrected chi connectivity index (χ3v) is 7.77. The van der Waals surface area contributed by atoms with Crippen LogP contribution in [0.1, 0.15) is 77.0 Å². The maximum atomic E-state index is 12.7. The summed E-state index contributed by atoms with van der Waals surface area (Å²) in [6, 6.07) is 11.1. The van der Waals surface area contributed by atoms with Crippen molar-refractivity contribution in [3.05, 3.63) is 76.6 Å². The van der Waals surface area contributed by atoms with E-state index in [0.29, 0.717) is 36.9 Å². The van der Waals surface area contributed by atoms with E-state index < -0.39 is 6.10 Å². The summed E-state index contributed by atoms with van der Waals surface area (Å²) in [6.45, 7) is 5.38. The van der Waals surface area contributed by atoms with Crippen molar-refractivity contribution >= 4 is 18.0 Å². The number of unbranched alkanes of at least 4 members (excludes halogenated alkanes) is 1. The number of hydrogen-bond acceptors (Lipinski definition) is 6. The number of dihydropyridines is 1. The van der Waals surface area contributed by atoms with Gasteiger partial charge in [-0.1, -0.05) is 29.8 Å². The molecule has 3 aliphatic rings. The lowest BCUT2D eigenvalue weighted by Crippen LogP contribution is -2.52. The lowest BCUT2D eigenvalue weighted by Gasteiger charge is -2.47. The Morgan fingerprint density at radius 3 is 2.39 bits per heavy atom. The molecule has 1 aromatic carbocycles. The standard InChI is InChI=1S/C29H34N4O3/c1-19-9-7-13-30-26(19)24-17-21(34)18-25(27-20(2)10-8-14-31-27)32(24)15-5-6-16-33-28(35)22-11-3-4-12-23(22)29(33)36/h3-4,7,9-14,21,24-25,27,34H,5-6,8,15-18H2,1-2H3/t21-,24+,25+,27+/m1/s1. The fourth-order valence-corrected chi connectivity index (χ4v) is 5.94. The zero-order chi connectivity index (χ0) is 25.2. The van der Waals surface area contributed by atoms with E-state index in [9.17, 15) is 14.7 Å². The van der Waals surface area contributed by atoms with Gasteiger partial charge in [0.25, 0.3) is 11.8 Å². The van der Waals surface area contributed by atoms with Crippen molar-refractivity contribution in [2.24, 2.45) is 4.99 Å². The Morgan fingerprint density at radius 2 is 1.69 bits per heavy atom. The van der Waals surface area contributed by atoms with Crippen LogP contribution in [-0.2, 0) is 0 Å². The van der Waals surface area contributed by atoms with Crippen LogP contribution in [0.25, 0.3) is 0 Å². The van der Waals surface area contributed by atoms with E-state index >= 15 is 0 Å². The minimum absolute atomic E-state index is 0.0100. The Balaban J connectivity index is 1.33. The summed E-state index contributed by atoms with van der Waals surface area (Å²) in [6.07, 6.45) is 9.28. The number of carbonyl (C=O) groups excluding carboxylic acids is 2. The number of aromatic nitrogens is 1. The number of aliphatic hydroxyl groups excluding tert-OH is 1. The minimum Gasteiger partial charge on any atom is -0.393 e. The van der Waals surface area contributed by atoms with E-state index in [2.05, 4.69) is 30.9 Å². The van der Waals surface area contributed by atoms with Gasteiger partial charge in [0.05, 0.1) is 35.0 Å². The molecule has 1 fully saturated rings. The molecule has 0 spiro atoms. The van der Waals surface area contributed by atoms with Crippen LogP contribution in [0.2, 0.25) is 0 Å². The number of fused-ring (bicyclic) bond motifs is 1. The van der Waals surface area contributed by atoms with Crippen LogP contribution < -0.4 is 0 Å². The number of nitrogens with zero attached hydrogens (tertiary/aromatic N) is 4. The number of carbonyl (C=O) groups is 2. The van der Waals surface area contributed by atoms with Gasteiger partial charge in [-0.2, -0.15) is 0 Å². The van der Waals surface area contributed by atoms with E-state index in [0.717, 1.165) is 30.6 Å². The van der Waals surface area contributed by atoms with Crippen molar-refractivity contribution in [3.63, 3.8) is 0 Å². The molecule has 0 saturated carbocycles. The molecule has 3 aliphatic heterocycles. The van der Waals surface area contributed by atoms with Crippen LogP contribution in [-0.4, -0.2) is 69.2 Å². The lowest BCUT2D eigenvalue weighted by molar-refractivity contribution is -0.00878. The highest BCUT2D eigenvalue weighted by Gasteiger charge is 2.41. The van der Waals surface area contributed by atoms with E-state index in [-0.39, 0.29) is 29.9 Å². The number of aryl methyl sites for hydroxylation is 1. The number of piperidine rings is 1. The molecule has 188 valence electrons. The maximum Gasteiger partial charge on any atom is 0.261 e. The van der Waals surface area contributed by atoms with E-state index in [1.54, 1.807) is 24.3 Å². The highest BCUT2D eigenvalue weighted by atomic mass is 16.3. The third-order valence-electron chi connectivity index (χ3n) is 7.77. The first-order valence-electron chi connectivity index (χ1n) is 12.9. The molecule has 36 heavy (non-hydrogen) atoms. The van der Waals surface area contributed by atoms with Gasteiger partial charge < -0.3 is 5.11 Å². The Hall–Kier alpha value is -3.16. The molecule has 4 atom stereocenters. The van der Waals surface area contributed by atoms with Gasteiger partial charge in [-0.05, 0) is 69.8 Å². The molecule has 0 radical (unpaired) electrons. The van der Waals surface area contributed by atoms with E-state index in [4.69, 9.17) is 9.98 Å². The monoisotopic (exact) mass is 486 g/mol. The maximum absolute atomic E-state index is 12.7. The fourth-order valence-electron chi connectivity index (χ4n) is 5.94. The molecule has 7 nitrogen and oxygen atoms in total. The first-order chi connectivity index (χ1) is 17.5. The highest BCUT2D eigenvalue weighted by molar-refractivity contribution is 6.21. The SMILES string of the molecule is CC1=CCC=N[C@@H]1[C@@H]1C[C@H](O)C[C@@H](c2ncccc2C)N1CCCCN1C(=O)c2ccccc2C1=O. The second kappa shape index (κ2) is 10.4. The Kier molecular flexibility index (Phi) is 7.12. The predicted octanol–water partition coefficient (Wildman–Crippen LogP) is 4.12. The highest BCUT2D eigenvalue weighted by Crippen LogP contribution is 2.38. The molecular formula is C29H34N4O3. The minimum atomic E-state index is -0.416. The van der Waals surface area contributed by atoms with Crippen LogP contribution in [0.3, 0.4) is 0 Å². The van der Waals surface area contributed by atoms with Crippen molar-refractivity contribution < 1.29 is 14.7 Å². The van der Waals surface area contributed by atoms with Gasteiger partial charge in [0, 0.05) is 31.4 Å². The molecule has 0 bridgehead atoms. The van der Waals surface area contributed by atoms with Crippen molar-refractivity contribution in [1.29, 1.82) is 0 Å². The number of amides is 2. The smallest absolute Gasteiger partial charge is 0.261 e. The summed E-state index contributed by atoms with van der Waals surface area (Å²) < 4.78 is 0. The summed E-state index contributed by atoms with van der Waals surface area (Å²) in [4.78, 5) is 38.9. The number of aliphatic imine (C=N–C) groups is 1. The summed E-state index contributed by atoms with van der Waals surface area (Å²) in [5.41, 5.74) is 4.35. The summed E-state index contributed by atoms with van der Waals surface area (Å²) in [5, 5.41) is 10.9. The number of hydrogen-bond donors (Lipinski definition) is 1. The Bertz CT molecular complexity index is 1170. The summed E-state index contributed by atoms with van der Waals surface area (Å²) in [7, 11) is 0. The van der Waals surface area contributed by atoms with Crippen LogP contribution in [0.5, 0.6) is 0 Å². The molecule has 2 amide bonds. The van der Waals surface area contributed by atoms with Crippen molar-refractivity contribution in [2.45, 2.75) is 70.2 Å². The van der Waals surface area contributed by atoms with Gasteiger partial charge in [-0.3, -0.25) is 29.4 Å². The third kappa shape index (κ3) is 4.65. The second-order valence-electron chi connectivity index (χ2n) is 10.1. The molecule has 1 N–H and O–H groups in total. The van der Waals surface area contributed by atoms with Gasteiger partial charge in [-0.15, -0.1) is 0 Å². The number of aliphatic hydroxyl groups is 1. The summed E-state index contributed by atoms with van der Waals surface area (Å²) in [5.74, 6) is -0.400.